The highest BCUT2D eigenvalue weighted by Crippen LogP contribution is 2.29. The minimum Gasteiger partial charge on any atom is -0.445 e. The van der Waals surface area contributed by atoms with E-state index in [0.717, 1.165) is 11.3 Å². The van der Waals surface area contributed by atoms with Crippen LogP contribution in [0, 0.1) is 0 Å². The van der Waals surface area contributed by atoms with Crippen LogP contribution in [0.5, 0.6) is 0 Å². The minimum atomic E-state index is -1.34. The largest absolute Gasteiger partial charge is 0.445 e. The summed E-state index contributed by atoms with van der Waals surface area (Å²) in [4.78, 5) is 41.9. The Morgan fingerprint density at radius 1 is 1.06 bits per heavy atom. The lowest BCUT2D eigenvalue weighted by Gasteiger charge is -2.33. The van der Waals surface area contributed by atoms with Crippen LogP contribution in [0.15, 0.2) is 72.9 Å². The molecule has 31 heavy (non-hydrogen) atoms. The van der Waals surface area contributed by atoms with Crippen molar-refractivity contribution in [3.8, 4) is 0 Å². The van der Waals surface area contributed by atoms with Crippen molar-refractivity contribution in [2.75, 3.05) is 5.32 Å². The number of ether oxygens (including phenoxy) is 1. The zero-order chi connectivity index (χ0) is 21.8. The fourth-order valence-electron chi connectivity index (χ4n) is 3.44. The molecule has 1 aliphatic rings. The van der Waals surface area contributed by atoms with Gasteiger partial charge in [0.25, 0.3) is 11.8 Å². The summed E-state index contributed by atoms with van der Waals surface area (Å²) in [5.41, 5.74) is 1.46. The molecule has 0 radical (unpaired) electrons. The molecule has 1 aromatic heterocycles. The van der Waals surface area contributed by atoms with Gasteiger partial charge in [0.2, 0.25) is 0 Å². The molecule has 1 aliphatic heterocycles. The van der Waals surface area contributed by atoms with E-state index >= 15 is 0 Å². The van der Waals surface area contributed by atoms with Crippen LogP contribution in [0.2, 0.25) is 0 Å². The molecule has 0 fully saturated rings. The van der Waals surface area contributed by atoms with Gasteiger partial charge in [-0.1, -0.05) is 30.3 Å². The Morgan fingerprint density at radius 2 is 1.87 bits per heavy atom. The molecule has 7 nitrogen and oxygen atoms in total. The van der Waals surface area contributed by atoms with E-state index in [0.29, 0.717) is 23.4 Å². The smallest absolute Gasteiger partial charge is 0.339 e. The lowest BCUT2D eigenvalue weighted by molar-refractivity contribution is -0.134. The lowest BCUT2D eigenvalue weighted by Crippen LogP contribution is -2.48. The fourth-order valence-corrected chi connectivity index (χ4v) is 3.44. The first-order valence-electron chi connectivity index (χ1n) is 9.85. The topological polar surface area (TPSA) is 97.4 Å². The van der Waals surface area contributed by atoms with Gasteiger partial charge in [-0.3, -0.25) is 14.6 Å². The third-order valence-corrected chi connectivity index (χ3v) is 5.10. The van der Waals surface area contributed by atoms with Crippen LogP contribution < -0.4 is 10.6 Å². The number of rotatable bonds is 5. The number of aromatic nitrogens is 1. The standard InChI is InChI=1S/C24H21N3O4/c1-24(14-17-7-2-3-11-20(17)22(29)31-24)23(30)27-18-10-6-8-16(13-18)21(28)26-15-19-9-4-5-12-25-19/h2-13H,14-15H2,1H3,(H,26,28)(H,27,30). The normalized spacial score (nSPS) is 17.3. The molecule has 2 amide bonds. The number of cyclic esters (lactones) is 1. The minimum absolute atomic E-state index is 0.269. The Bertz CT molecular complexity index is 1150. The van der Waals surface area contributed by atoms with E-state index in [9.17, 15) is 14.4 Å². The molecule has 1 unspecified atom stereocenters. The summed E-state index contributed by atoms with van der Waals surface area (Å²) in [6.45, 7) is 1.88. The summed E-state index contributed by atoms with van der Waals surface area (Å²) < 4.78 is 5.46. The monoisotopic (exact) mass is 415 g/mol. The van der Waals surface area contributed by atoms with Crippen molar-refractivity contribution >= 4 is 23.5 Å². The molecule has 0 spiro atoms. The Hall–Kier alpha value is -4.00. The summed E-state index contributed by atoms with van der Waals surface area (Å²) in [5.74, 6) is -1.27. The Kier molecular flexibility index (Phi) is 5.49. The maximum absolute atomic E-state index is 12.9. The SMILES string of the molecule is CC1(C(=O)Nc2cccc(C(=O)NCc3ccccn3)c2)Cc2ccccc2C(=O)O1. The molecule has 1 atom stereocenters. The van der Waals surface area contributed by atoms with E-state index in [4.69, 9.17) is 4.74 Å². The molecule has 2 heterocycles. The highest BCUT2D eigenvalue weighted by atomic mass is 16.6. The van der Waals surface area contributed by atoms with E-state index in [1.54, 1.807) is 55.6 Å². The second-order valence-electron chi connectivity index (χ2n) is 7.49. The van der Waals surface area contributed by atoms with Crippen molar-refractivity contribution in [2.24, 2.45) is 0 Å². The van der Waals surface area contributed by atoms with E-state index in [1.807, 2.05) is 24.3 Å². The number of pyridine rings is 1. The number of nitrogens with zero attached hydrogens (tertiary/aromatic N) is 1. The van der Waals surface area contributed by atoms with Gasteiger partial charge in [-0.05, 0) is 48.9 Å². The third-order valence-electron chi connectivity index (χ3n) is 5.10. The maximum atomic E-state index is 12.9. The van der Waals surface area contributed by atoms with Crippen LogP contribution in [0.25, 0.3) is 0 Å². The number of esters is 1. The zero-order valence-electron chi connectivity index (χ0n) is 16.9. The summed E-state index contributed by atoms with van der Waals surface area (Å²) in [6, 6.07) is 19.1. The van der Waals surface area contributed by atoms with Gasteiger partial charge >= 0.3 is 5.97 Å². The average molecular weight is 415 g/mol. The van der Waals surface area contributed by atoms with Crippen LogP contribution in [-0.2, 0) is 22.5 Å². The number of amides is 2. The molecule has 2 aromatic carbocycles. The van der Waals surface area contributed by atoms with Gasteiger partial charge in [0, 0.05) is 23.9 Å². The van der Waals surface area contributed by atoms with E-state index in [-0.39, 0.29) is 12.3 Å². The lowest BCUT2D eigenvalue weighted by atomic mass is 9.89. The van der Waals surface area contributed by atoms with Crippen LogP contribution in [0.1, 0.15) is 38.9 Å². The molecule has 156 valence electrons. The van der Waals surface area contributed by atoms with Crippen LogP contribution in [0.4, 0.5) is 5.69 Å². The Morgan fingerprint density at radius 3 is 2.68 bits per heavy atom. The molecule has 2 N–H and O–H groups in total. The summed E-state index contributed by atoms with van der Waals surface area (Å²) in [7, 11) is 0. The number of carbonyl (C=O) groups excluding carboxylic acids is 3. The van der Waals surface area contributed by atoms with Crippen LogP contribution >= 0.6 is 0 Å². The molecule has 4 rings (SSSR count). The number of fused-ring (bicyclic) bond motifs is 1. The van der Waals surface area contributed by atoms with Gasteiger partial charge in [-0.25, -0.2) is 4.79 Å². The molecule has 0 saturated heterocycles. The van der Waals surface area contributed by atoms with Gasteiger partial charge in [-0.2, -0.15) is 0 Å². The number of anilines is 1. The van der Waals surface area contributed by atoms with Crippen LogP contribution in [-0.4, -0.2) is 28.4 Å². The summed E-state index contributed by atoms with van der Waals surface area (Å²) in [6.07, 6.45) is 1.93. The predicted octanol–water partition coefficient (Wildman–Crippen LogP) is 3.12. The van der Waals surface area contributed by atoms with Crippen molar-refractivity contribution in [1.82, 2.24) is 10.3 Å². The van der Waals surface area contributed by atoms with Gasteiger partial charge in [0.15, 0.2) is 5.60 Å². The summed E-state index contributed by atoms with van der Waals surface area (Å²) >= 11 is 0. The Balaban J connectivity index is 1.44. The van der Waals surface area contributed by atoms with E-state index in [2.05, 4.69) is 15.6 Å². The first-order valence-corrected chi connectivity index (χ1v) is 9.85. The average Bonchev–Trinajstić information content (AvgIpc) is 2.78. The number of hydrogen-bond donors (Lipinski definition) is 2. The van der Waals surface area contributed by atoms with E-state index < -0.39 is 17.5 Å². The van der Waals surface area contributed by atoms with Crippen molar-refractivity contribution in [3.05, 3.63) is 95.3 Å². The van der Waals surface area contributed by atoms with Gasteiger partial charge < -0.3 is 15.4 Å². The maximum Gasteiger partial charge on any atom is 0.339 e. The Labute approximate surface area is 179 Å². The number of benzene rings is 2. The second kappa shape index (κ2) is 8.39. The molecular formula is C24H21N3O4. The molecular weight excluding hydrogens is 394 g/mol. The van der Waals surface area contributed by atoms with Crippen molar-refractivity contribution < 1.29 is 19.1 Å². The number of hydrogen-bond acceptors (Lipinski definition) is 5. The van der Waals surface area contributed by atoms with Crippen molar-refractivity contribution in [3.63, 3.8) is 0 Å². The molecule has 0 bridgehead atoms. The van der Waals surface area contributed by atoms with Gasteiger partial charge in [-0.15, -0.1) is 0 Å². The predicted molar refractivity (Wildman–Crippen MR) is 114 cm³/mol. The summed E-state index contributed by atoms with van der Waals surface area (Å²) in [5, 5.41) is 5.56. The van der Waals surface area contributed by atoms with Crippen LogP contribution in [0.3, 0.4) is 0 Å². The molecule has 0 aliphatic carbocycles. The highest BCUT2D eigenvalue weighted by molar-refractivity contribution is 6.03. The van der Waals surface area contributed by atoms with E-state index in [1.165, 1.54) is 0 Å². The first kappa shape index (κ1) is 20.3. The second-order valence-corrected chi connectivity index (χ2v) is 7.49. The molecule has 3 aromatic rings. The van der Waals surface area contributed by atoms with Gasteiger partial charge in [0.1, 0.15) is 0 Å². The first-order chi connectivity index (χ1) is 14.9. The van der Waals surface area contributed by atoms with Crippen molar-refractivity contribution in [2.45, 2.75) is 25.5 Å². The molecule has 0 saturated carbocycles. The van der Waals surface area contributed by atoms with Gasteiger partial charge in [0.05, 0.1) is 17.8 Å². The third kappa shape index (κ3) is 4.45. The number of nitrogens with one attached hydrogen (secondary N) is 2. The highest BCUT2D eigenvalue weighted by Gasteiger charge is 2.42. The molecule has 7 heteroatoms. The fraction of sp³-hybridized carbons (Fsp3) is 0.167. The zero-order valence-corrected chi connectivity index (χ0v) is 16.9. The number of carbonyl (C=O) groups is 3. The quantitative estimate of drug-likeness (QED) is 0.624. The van der Waals surface area contributed by atoms with Crippen molar-refractivity contribution in [1.29, 1.82) is 0 Å².